The minimum absolute atomic E-state index is 0.126. The molecule has 2 N–H and O–H groups in total. The lowest BCUT2D eigenvalue weighted by Gasteiger charge is -2.18. The molecule has 1 aromatic heterocycles. The minimum Gasteiger partial charge on any atom is -0.490 e. The van der Waals surface area contributed by atoms with Crippen LogP contribution in [0, 0.1) is 11.7 Å². The smallest absolute Gasteiger partial charge is 0.191 e. The molecule has 152 valence electrons. The zero-order valence-electron chi connectivity index (χ0n) is 17.0. The van der Waals surface area contributed by atoms with Crippen LogP contribution in [0.3, 0.4) is 0 Å². The fourth-order valence-electron chi connectivity index (χ4n) is 2.73. The fraction of sp³-hybridized carbons (Fsp3) is 0.524. The number of ether oxygens (including phenoxy) is 1. The van der Waals surface area contributed by atoms with E-state index in [2.05, 4.69) is 34.6 Å². The van der Waals surface area contributed by atoms with Crippen molar-refractivity contribution in [3.05, 3.63) is 47.1 Å². The van der Waals surface area contributed by atoms with Gasteiger partial charge in [-0.2, -0.15) is 0 Å². The monoisotopic (exact) mass is 388 g/mol. The molecule has 7 heteroatoms. The van der Waals surface area contributed by atoms with Crippen molar-refractivity contribution in [1.82, 2.24) is 15.8 Å². The Bertz CT molecular complexity index is 814. The molecule has 1 heterocycles. The molecule has 1 fully saturated rings. The van der Waals surface area contributed by atoms with Crippen molar-refractivity contribution in [2.24, 2.45) is 10.9 Å². The molecule has 1 aromatic carbocycles. The normalized spacial score (nSPS) is 15.6. The van der Waals surface area contributed by atoms with E-state index in [9.17, 15) is 4.39 Å². The summed E-state index contributed by atoms with van der Waals surface area (Å²) in [4.78, 5) is 4.22. The number of aliphatic imine (C=N–C) groups is 1. The molecule has 6 nitrogen and oxygen atoms in total. The number of nitrogens with zero attached hydrogens (tertiary/aromatic N) is 2. The van der Waals surface area contributed by atoms with E-state index >= 15 is 0 Å². The van der Waals surface area contributed by atoms with Crippen LogP contribution in [-0.4, -0.2) is 24.8 Å². The van der Waals surface area contributed by atoms with Crippen molar-refractivity contribution in [1.29, 1.82) is 0 Å². The van der Waals surface area contributed by atoms with E-state index in [0.717, 1.165) is 17.0 Å². The summed E-state index contributed by atoms with van der Waals surface area (Å²) in [6.07, 6.45) is 2.36. The molecule has 1 unspecified atom stereocenters. The number of benzene rings is 1. The first-order valence-electron chi connectivity index (χ1n) is 9.81. The van der Waals surface area contributed by atoms with Crippen molar-refractivity contribution in [2.75, 3.05) is 13.7 Å². The minimum atomic E-state index is -0.336. The summed E-state index contributed by atoms with van der Waals surface area (Å²) in [5.74, 6) is 2.23. The summed E-state index contributed by atoms with van der Waals surface area (Å²) >= 11 is 0. The highest BCUT2D eigenvalue weighted by Crippen LogP contribution is 2.30. The number of rotatable bonds is 8. The average molecular weight is 388 g/mol. The Kier molecular flexibility index (Phi) is 6.54. The maximum absolute atomic E-state index is 14.3. The number of hydrogen-bond donors (Lipinski definition) is 2. The summed E-state index contributed by atoms with van der Waals surface area (Å²) in [6, 6.07) is 6.90. The molecule has 1 atom stereocenters. The Labute approximate surface area is 165 Å². The van der Waals surface area contributed by atoms with E-state index in [-0.39, 0.29) is 11.9 Å². The van der Waals surface area contributed by atoms with E-state index < -0.39 is 0 Å². The third-order valence-corrected chi connectivity index (χ3v) is 4.80. The lowest BCUT2D eigenvalue weighted by molar-refractivity contribution is 0.285. The number of guanidine groups is 1. The van der Waals surface area contributed by atoms with Crippen molar-refractivity contribution in [3.8, 4) is 5.75 Å². The van der Waals surface area contributed by atoms with Gasteiger partial charge in [0, 0.05) is 13.1 Å². The molecule has 1 aliphatic carbocycles. The molecule has 1 aliphatic rings. The first-order valence-corrected chi connectivity index (χ1v) is 9.81. The maximum atomic E-state index is 14.3. The van der Waals surface area contributed by atoms with Crippen LogP contribution in [0.5, 0.6) is 5.75 Å². The second-order valence-electron chi connectivity index (χ2n) is 7.61. The van der Waals surface area contributed by atoms with Crippen molar-refractivity contribution < 1.29 is 13.7 Å². The van der Waals surface area contributed by atoms with Crippen LogP contribution >= 0.6 is 0 Å². The Hall–Kier alpha value is -2.57. The van der Waals surface area contributed by atoms with Crippen LogP contribution < -0.4 is 15.4 Å². The van der Waals surface area contributed by atoms with Gasteiger partial charge < -0.3 is 19.9 Å². The molecule has 0 bridgehead atoms. The zero-order chi connectivity index (χ0) is 20.1. The first kappa shape index (κ1) is 20.2. The Morgan fingerprint density at radius 2 is 2.11 bits per heavy atom. The van der Waals surface area contributed by atoms with Crippen LogP contribution in [0.1, 0.15) is 62.6 Å². The summed E-state index contributed by atoms with van der Waals surface area (Å²) in [5, 5.41) is 10.5. The molecule has 1 saturated carbocycles. The fourth-order valence-corrected chi connectivity index (χ4v) is 2.73. The van der Waals surface area contributed by atoms with Gasteiger partial charge in [-0.1, -0.05) is 25.1 Å². The second-order valence-corrected chi connectivity index (χ2v) is 7.61. The molecular formula is C21H29FN4O2. The van der Waals surface area contributed by atoms with Gasteiger partial charge in [-0.05, 0) is 49.3 Å². The SMILES string of the molecule is CN=C(NCc1cc(C(C)C)no1)NC(C)c1ccc(OCC2CC2)c(F)c1. The molecule has 3 rings (SSSR count). The molecule has 0 saturated heterocycles. The predicted octanol–water partition coefficient (Wildman–Crippen LogP) is 4.15. The lowest BCUT2D eigenvalue weighted by atomic mass is 10.1. The average Bonchev–Trinajstić information content (AvgIpc) is 3.38. The molecule has 0 radical (unpaired) electrons. The number of halogens is 1. The van der Waals surface area contributed by atoms with E-state index in [0.29, 0.717) is 36.7 Å². The molecule has 28 heavy (non-hydrogen) atoms. The van der Waals surface area contributed by atoms with Gasteiger partial charge in [0.25, 0.3) is 0 Å². The van der Waals surface area contributed by atoms with Crippen molar-refractivity contribution in [2.45, 2.75) is 52.1 Å². The number of hydrogen-bond acceptors (Lipinski definition) is 4. The van der Waals surface area contributed by atoms with Gasteiger partial charge in [0.05, 0.1) is 24.9 Å². The molecule has 0 spiro atoms. The van der Waals surface area contributed by atoms with Gasteiger partial charge in [-0.25, -0.2) is 4.39 Å². The number of nitrogens with one attached hydrogen (secondary N) is 2. The zero-order valence-corrected chi connectivity index (χ0v) is 17.0. The van der Waals surface area contributed by atoms with E-state index in [4.69, 9.17) is 9.26 Å². The molecule has 0 aliphatic heterocycles. The topological polar surface area (TPSA) is 71.7 Å². The Morgan fingerprint density at radius 3 is 2.71 bits per heavy atom. The van der Waals surface area contributed by atoms with Crippen molar-refractivity contribution >= 4 is 5.96 Å². The highest BCUT2D eigenvalue weighted by atomic mass is 19.1. The van der Waals surface area contributed by atoms with Crippen LogP contribution in [0.2, 0.25) is 0 Å². The Balaban J connectivity index is 1.53. The predicted molar refractivity (Wildman–Crippen MR) is 107 cm³/mol. The molecule has 2 aromatic rings. The van der Waals surface area contributed by atoms with Crippen LogP contribution in [0.15, 0.2) is 33.8 Å². The van der Waals surface area contributed by atoms with E-state index in [1.165, 1.54) is 18.9 Å². The number of aromatic nitrogens is 1. The van der Waals surface area contributed by atoms with E-state index in [1.807, 2.05) is 19.1 Å². The van der Waals surface area contributed by atoms with Crippen LogP contribution in [0.25, 0.3) is 0 Å². The van der Waals surface area contributed by atoms with Gasteiger partial charge >= 0.3 is 0 Å². The van der Waals surface area contributed by atoms with Crippen molar-refractivity contribution in [3.63, 3.8) is 0 Å². The van der Waals surface area contributed by atoms with Gasteiger partial charge in [0.2, 0.25) is 0 Å². The van der Waals surface area contributed by atoms with Crippen LogP contribution in [0.4, 0.5) is 4.39 Å². The standard InChI is InChI=1S/C21H29FN4O2/c1-13(2)19-10-17(28-26-19)11-24-21(23-4)25-14(3)16-7-8-20(18(22)9-16)27-12-15-5-6-15/h7-10,13-15H,5-6,11-12H2,1-4H3,(H2,23,24,25). The highest BCUT2D eigenvalue weighted by molar-refractivity contribution is 5.80. The van der Waals surface area contributed by atoms with E-state index in [1.54, 1.807) is 13.1 Å². The summed E-state index contributed by atoms with van der Waals surface area (Å²) in [7, 11) is 1.69. The van der Waals surface area contributed by atoms with Gasteiger partial charge in [-0.3, -0.25) is 4.99 Å². The first-order chi connectivity index (χ1) is 13.5. The largest absolute Gasteiger partial charge is 0.490 e. The highest BCUT2D eigenvalue weighted by Gasteiger charge is 2.22. The summed E-state index contributed by atoms with van der Waals surface area (Å²) < 4.78 is 25.2. The summed E-state index contributed by atoms with van der Waals surface area (Å²) in [5.41, 5.74) is 1.74. The van der Waals surface area contributed by atoms with Gasteiger partial charge in [-0.15, -0.1) is 0 Å². The summed E-state index contributed by atoms with van der Waals surface area (Å²) in [6.45, 7) is 7.16. The quantitative estimate of drug-likeness (QED) is 0.525. The van der Waals surface area contributed by atoms with Crippen LogP contribution in [-0.2, 0) is 6.54 Å². The van der Waals surface area contributed by atoms with Gasteiger partial charge in [0.1, 0.15) is 0 Å². The third kappa shape index (κ3) is 5.47. The molecular weight excluding hydrogens is 359 g/mol. The third-order valence-electron chi connectivity index (χ3n) is 4.80. The lowest BCUT2D eigenvalue weighted by Crippen LogP contribution is -2.38. The second kappa shape index (κ2) is 9.08. The maximum Gasteiger partial charge on any atom is 0.191 e. The Morgan fingerprint density at radius 1 is 1.32 bits per heavy atom. The van der Waals surface area contributed by atoms with Gasteiger partial charge in [0.15, 0.2) is 23.3 Å². The molecule has 0 amide bonds.